The summed E-state index contributed by atoms with van der Waals surface area (Å²) in [6, 6.07) is 0. The lowest BCUT2D eigenvalue weighted by Crippen LogP contribution is -2.28. The summed E-state index contributed by atoms with van der Waals surface area (Å²) in [5.41, 5.74) is 2.25. The Morgan fingerprint density at radius 3 is 2.50 bits per heavy atom. The summed E-state index contributed by atoms with van der Waals surface area (Å²) in [6.45, 7) is 5.17. The number of H-pyrrole nitrogens is 1. The Balaban J connectivity index is 3.08. The van der Waals surface area contributed by atoms with E-state index in [0.29, 0.717) is 0 Å². The number of carboxylic acid groups (broad SMARTS) is 1. The molecule has 0 aliphatic heterocycles. The fourth-order valence-corrected chi connectivity index (χ4v) is 1.32. The molecular formula is C8H11N2O2-. The smallest absolute Gasteiger partial charge is 0.0632 e. The Bertz CT molecular complexity index is 285. The maximum atomic E-state index is 10.5. The van der Waals surface area contributed by atoms with Gasteiger partial charge in [0, 0.05) is 23.1 Å². The monoisotopic (exact) mass is 167 g/mol. The topological polar surface area (TPSA) is 68.8 Å². The summed E-state index contributed by atoms with van der Waals surface area (Å²) >= 11 is 0. The first-order chi connectivity index (χ1) is 5.54. The zero-order valence-corrected chi connectivity index (χ0v) is 7.34. The molecule has 1 unspecified atom stereocenters. The van der Waals surface area contributed by atoms with Crippen LogP contribution in [0.3, 0.4) is 0 Å². The lowest BCUT2D eigenvalue weighted by atomic mass is 10.00. The summed E-state index contributed by atoms with van der Waals surface area (Å²) in [4.78, 5) is 10.5. The quantitative estimate of drug-likeness (QED) is 0.667. The van der Waals surface area contributed by atoms with E-state index >= 15 is 0 Å². The fourth-order valence-electron chi connectivity index (χ4n) is 1.32. The summed E-state index contributed by atoms with van der Waals surface area (Å²) in [5.74, 6) is -1.66. The zero-order valence-electron chi connectivity index (χ0n) is 7.34. The van der Waals surface area contributed by atoms with Crippen LogP contribution in [0.1, 0.15) is 29.8 Å². The summed E-state index contributed by atoms with van der Waals surface area (Å²) in [5, 5.41) is 17.2. The molecule has 4 heteroatoms. The van der Waals surface area contributed by atoms with Gasteiger partial charge in [0.1, 0.15) is 0 Å². The molecule has 0 saturated heterocycles. The van der Waals surface area contributed by atoms with E-state index in [4.69, 9.17) is 0 Å². The van der Waals surface area contributed by atoms with Gasteiger partial charge in [-0.2, -0.15) is 5.10 Å². The van der Waals surface area contributed by atoms with Crippen molar-refractivity contribution in [3.8, 4) is 0 Å². The SMILES string of the molecule is Cc1n[nH]c(C)c1C(C)C(=O)[O-]. The number of nitrogens with zero attached hydrogens (tertiary/aromatic N) is 1. The Labute approximate surface area is 70.6 Å². The minimum Gasteiger partial charge on any atom is -0.550 e. The van der Waals surface area contributed by atoms with E-state index in [1.165, 1.54) is 0 Å². The molecule has 0 aliphatic carbocycles. The van der Waals surface area contributed by atoms with E-state index in [9.17, 15) is 9.90 Å². The number of aliphatic carboxylic acids is 1. The summed E-state index contributed by atoms with van der Waals surface area (Å²) in [6.07, 6.45) is 0. The molecule has 0 fully saturated rings. The number of carbonyl (C=O) groups is 1. The van der Waals surface area contributed by atoms with Gasteiger partial charge in [0.15, 0.2) is 0 Å². The van der Waals surface area contributed by atoms with Crippen molar-refractivity contribution in [3.63, 3.8) is 0 Å². The summed E-state index contributed by atoms with van der Waals surface area (Å²) < 4.78 is 0. The minimum absolute atomic E-state index is 0.594. The molecule has 0 aliphatic rings. The average molecular weight is 167 g/mol. The van der Waals surface area contributed by atoms with Crippen LogP contribution in [0.25, 0.3) is 0 Å². The predicted octanol–water partition coefficient (Wildman–Crippen LogP) is -0.120. The number of hydrogen-bond acceptors (Lipinski definition) is 3. The van der Waals surface area contributed by atoms with Gasteiger partial charge < -0.3 is 9.90 Å². The molecule has 0 bridgehead atoms. The largest absolute Gasteiger partial charge is 0.550 e. The molecule has 0 radical (unpaired) electrons. The van der Waals surface area contributed by atoms with E-state index in [1.54, 1.807) is 20.8 Å². The molecule has 0 saturated carbocycles. The van der Waals surface area contributed by atoms with Gasteiger partial charge in [-0.3, -0.25) is 5.10 Å². The third-order valence-electron chi connectivity index (χ3n) is 1.97. The molecule has 1 aromatic rings. The molecule has 0 aromatic carbocycles. The predicted molar refractivity (Wildman–Crippen MR) is 41.5 cm³/mol. The zero-order chi connectivity index (χ0) is 9.30. The van der Waals surface area contributed by atoms with Gasteiger partial charge in [-0.15, -0.1) is 0 Å². The van der Waals surface area contributed by atoms with Crippen molar-refractivity contribution in [1.29, 1.82) is 0 Å². The molecule has 1 aromatic heterocycles. The highest BCUT2D eigenvalue weighted by Crippen LogP contribution is 2.20. The van der Waals surface area contributed by atoms with E-state index in [1.807, 2.05) is 0 Å². The summed E-state index contributed by atoms with van der Waals surface area (Å²) in [7, 11) is 0. The number of aryl methyl sites for hydroxylation is 2. The van der Waals surface area contributed by atoms with Gasteiger partial charge in [0.25, 0.3) is 0 Å². The van der Waals surface area contributed by atoms with Gasteiger partial charge in [-0.05, 0) is 13.8 Å². The number of carboxylic acids is 1. The normalized spacial score (nSPS) is 12.9. The first-order valence-corrected chi connectivity index (χ1v) is 3.76. The second kappa shape index (κ2) is 2.97. The second-order valence-corrected chi connectivity index (χ2v) is 2.89. The maximum Gasteiger partial charge on any atom is 0.0632 e. The van der Waals surface area contributed by atoms with Gasteiger partial charge in [-0.25, -0.2) is 0 Å². The van der Waals surface area contributed by atoms with Gasteiger partial charge in [-0.1, -0.05) is 6.92 Å². The van der Waals surface area contributed by atoms with Gasteiger partial charge >= 0.3 is 0 Å². The number of aromatic nitrogens is 2. The number of aromatic amines is 1. The first kappa shape index (κ1) is 8.77. The highest BCUT2D eigenvalue weighted by molar-refractivity contribution is 5.74. The van der Waals surface area contributed by atoms with Gasteiger partial charge in [0.05, 0.1) is 5.69 Å². The molecule has 0 amide bonds. The van der Waals surface area contributed by atoms with Crippen LogP contribution in [0.4, 0.5) is 0 Å². The first-order valence-electron chi connectivity index (χ1n) is 3.76. The molecular weight excluding hydrogens is 156 g/mol. The molecule has 12 heavy (non-hydrogen) atoms. The van der Waals surface area contributed by atoms with Crippen molar-refractivity contribution >= 4 is 5.97 Å². The molecule has 66 valence electrons. The van der Waals surface area contributed by atoms with Crippen molar-refractivity contribution in [2.24, 2.45) is 0 Å². The molecule has 4 nitrogen and oxygen atoms in total. The Morgan fingerprint density at radius 2 is 2.17 bits per heavy atom. The second-order valence-electron chi connectivity index (χ2n) is 2.89. The Morgan fingerprint density at radius 1 is 1.58 bits per heavy atom. The fraction of sp³-hybridized carbons (Fsp3) is 0.500. The van der Waals surface area contributed by atoms with Crippen LogP contribution in [0.15, 0.2) is 0 Å². The molecule has 1 heterocycles. The van der Waals surface area contributed by atoms with Crippen molar-refractivity contribution in [1.82, 2.24) is 10.2 Å². The lowest BCUT2D eigenvalue weighted by Gasteiger charge is -2.12. The number of carbonyl (C=O) groups excluding carboxylic acids is 1. The van der Waals surface area contributed by atoms with Crippen LogP contribution in [-0.4, -0.2) is 16.2 Å². The van der Waals surface area contributed by atoms with Crippen LogP contribution < -0.4 is 5.11 Å². The highest BCUT2D eigenvalue weighted by Gasteiger charge is 2.14. The van der Waals surface area contributed by atoms with Gasteiger partial charge in [0.2, 0.25) is 0 Å². The highest BCUT2D eigenvalue weighted by atomic mass is 16.4. The molecule has 1 atom stereocenters. The van der Waals surface area contributed by atoms with Crippen molar-refractivity contribution in [2.75, 3.05) is 0 Å². The van der Waals surface area contributed by atoms with Crippen molar-refractivity contribution < 1.29 is 9.90 Å². The van der Waals surface area contributed by atoms with E-state index in [0.717, 1.165) is 17.0 Å². The Hall–Kier alpha value is -1.32. The van der Waals surface area contributed by atoms with Crippen LogP contribution in [0.2, 0.25) is 0 Å². The van der Waals surface area contributed by atoms with E-state index in [-0.39, 0.29) is 0 Å². The average Bonchev–Trinajstić information content (AvgIpc) is 2.30. The maximum absolute atomic E-state index is 10.5. The minimum atomic E-state index is -1.07. The van der Waals surface area contributed by atoms with Crippen molar-refractivity contribution in [2.45, 2.75) is 26.7 Å². The number of rotatable bonds is 2. The van der Waals surface area contributed by atoms with Crippen LogP contribution in [-0.2, 0) is 4.79 Å². The van der Waals surface area contributed by atoms with Crippen LogP contribution in [0, 0.1) is 13.8 Å². The standard InChI is InChI=1S/C8H12N2O2/c1-4(8(11)12)7-5(2)9-10-6(7)3/h4H,1-3H3,(H,9,10)(H,11,12)/p-1. The van der Waals surface area contributed by atoms with Crippen LogP contribution in [0.5, 0.6) is 0 Å². The molecule has 1 rings (SSSR count). The van der Waals surface area contributed by atoms with Crippen molar-refractivity contribution in [3.05, 3.63) is 17.0 Å². The van der Waals surface area contributed by atoms with E-state index < -0.39 is 11.9 Å². The third-order valence-corrected chi connectivity index (χ3v) is 1.97. The molecule has 0 spiro atoms. The lowest BCUT2D eigenvalue weighted by molar-refractivity contribution is -0.307. The van der Waals surface area contributed by atoms with Crippen LogP contribution >= 0.6 is 0 Å². The Kier molecular flexibility index (Phi) is 2.17. The number of nitrogens with one attached hydrogen (secondary N) is 1. The molecule has 1 N–H and O–H groups in total. The van der Waals surface area contributed by atoms with E-state index in [2.05, 4.69) is 10.2 Å². The third kappa shape index (κ3) is 1.32. The number of hydrogen-bond donors (Lipinski definition) is 1.